The largest absolute Gasteiger partial charge is 0.439 e. The lowest BCUT2D eigenvalue weighted by molar-refractivity contribution is 0.00848. The van der Waals surface area contributed by atoms with E-state index in [1.54, 1.807) is 16.8 Å². The van der Waals surface area contributed by atoms with Gasteiger partial charge in [0.25, 0.3) is 0 Å². The van der Waals surface area contributed by atoms with Crippen LogP contribution in [0.15, 0.2) is 54.6 Å². The molecule has 0 amide bonds. The number of halogens is 1. The van der Waals surface area contributed by atoms with E-state index >= 15 is 0 Å². The molecule has 3 rings (SSSR count). The van der Waals surface area contributed by atoms with Crippen molar-refractivity contribution in [1.29, 1.82) is 0 Å². The molecule has 1 aromatic heterocycles. The monoisotopic (exact) mass is 469 g/mol. The zero-order chi connectivity index (χ0) is 24.5. The number of hydrogen-bond acceptors (Lipinski definition) is 5. The van der Waals surface area contributed by atoms with E-state index in [1.165, 1.54) is 12.1 Å². The molecule has 0 radical (unpaired) electrons. The number of ether oxygens (including phenoxy) is 2. The first-order valence-electron chi connectivity index (χ1n) is 11.9. The Hall–Kier alpha value is -2.74. The summed E-state index contributed by atoms with van der Waals surface area (Å²) in [4.78, 5) is 2.19. The minimum absolute atomic E-state index is 0.174. The lowest BCUT2D eigenvalue weighted by atomic mass is 10.1. The van der Waals surface area contributed by atoms with Crippen LogP contribution in [0.3, 0.4) is 0 Å². The molecule has 1 heterocycles. The fourth-order valence-electron chi connectivity index (χ4n) is 3.72. The second-order valence-corrected chi connectivity index (χ2v) is 8.78. The molecule has 0 unspecified atom stereocenters. The molecule has 0 bridgehead atoms. The van der Waals surface area contributed by atoms with E-state index in [0.29, 0.717) is 37.9 Å². The smallest absolute Gasteiger partial charge is 0.222 e. The van der Waals surface area contributed by atoms with E-state index in [9.17, 15) is 9.50 Å². The Morgan fingerprint density at radius 3 is 2.44 bits per heavy atom. The molecule has 6 nitrogen and oxygen atoms in total. The third kappa shape index (κ3) is 7.13. The summed E-state index contributed by atoms with van der Waals surface area (Å²) >= 11 is 0. The van der Waals surface area contributed by atoms with Crippen molar-refractivity contribution in [2.45, 2.75) is 52.3 Å². The van der Waals surface area contributed by atoms with Crippen LogP contribution in [-0.2, 0) is 18.3 Å². The van der Waals surface area contributed by atoms with Crippen molar-refractivity contribution in [3.63, 3.8) is 0 Å². The van der Waals surface area contributed by atoms with E-state index in [1.807, 2.05) is 37.4 Å². The molecular weight excluding hydrogens is 433 g/mol. The molecule has 7 heteroatoms. The molecule has 0 aliphatic heterocycles. The van der Waals surface area contributed by atoms with Gasteiger partial charge >= 0.3 is 0 Å². The van der Waals surface area contributed by atoms with Crippen molar-refractivity contribution in [2.24, 2.45) is 7.05 Å². The summed E-state index contributed by atoms with van der Waals surface area (Å²) in [5.41, 5.74) is 2.71. The summed E-state index contributed by atoms with van der Waals surface area (Å²) in [5.74, 6) is 0.805. The summed E-state index contributed by atoms with van der Waals surface area (Å²) in [6.45, 7) is 8.27. The third-order valence-electron chi connectivity index (χ3n) is 5.65. The van der Waals surface area contributed by atoms with Gasteiger partial charge in [-0.05, 0) is 44.5 Å². The van der Waals surface area contributed by atoms with Crippen LogP contribution >= 0.6 is 0 Å². The predicted octanol–water partition coefficient (Wildman–Crippen LogP) is 5.41. The summed E-state index contributed by atoms with van der Waals surface area (Å²) in [6.07, 6.45) is 1.45. The fraction of sp³-hybridized carbons (Fsp3) is 0.444. The van der Waals surface area contributed by atoms with Gasteiger partial charge in [-0.25, -0.2) is 9.07 Å². The van der Waals surface area contributed by atoms with Crippen molar-refractivity contribution < 1.29 is 19.0 Å². The molecule has 0 fully saturated rings. The van der Waals surface area contributed by atoms with Gasteiger partial charge in [-0.2, -0.15) is 5.10 Å². The number of benzene rings is 2. The van der Waals surface area contributed by atoms with E-state index < -0.39 is 6.10 Å². The van der Waals surface area contributed by atoms with Crippen LogP contribution in [-0.4, -0.2) is 51.7 Å². The average molecular weight is 470 g/mol. The van der Waals surface area contributed by atoms with Gasteiger partial charge in [0.05, 0.1) is 18.3 Å². The number of aliphatic hydroxyl groups excluding tert-OH is 1. The van der Waals surface area contributed by atoms with Crippen LogP contribution in [0.1, 0.15) is 39.2 Å². The van der Waals surface area contributed by atoms with Gasteiger partial charge in [-0.3, -0.25) is 4.90 Å². The van der Waals surface area contributed by atoms with Gasteiger partial charge in [0.2, 0.25) is 5.88 Å². The molecular formula is C27H36FN3O3. The van der Waals surface area contributed by atoms with E-state index in [2.05, 4.69) is 25.7 Å². The Labute approximate surface area is 201 Å². The van der Waals surface area contributed by atoms with Gasteiger partial charge in [0, 0.05) is 38.3 Å². The maximum atomic E-state index is 13.4. The van der Waals surface area contributed by atoms with Crippen molar-refractivity contribution >= 4 is 0 Å². The molecule has 0 aliphatic rings. The highest BCUT2D eigenvalue weighted by molar-refractivity contribution is 5.65. The van der Waals surface area contributed by atoms with Crippen LogP contribution in [0.2, 0.25) is 0 Å². The van der Waals surface area contributed by atoms with Crippen molar-refractivity contribution in [3.05, 3.63) is 66.0 Å². The Morgan fingerprint density at radius 1 is 1.09 bits per heavy atom. The molecule has 0 spiro atoms. The number of aryl methyl sites for hydroxylation is 1. The average Bonchev–Trinajstić information content (AvgIpc) is 3.13. The molecule has 0 aliphatic carbocycles. The van der Waals surface area contributed by atoms with Crippen molar-refractivity contribution in [1.82, 2.24) is 14.7 Å². The number of hydrogen-bond donors (Lipinski definition) is 1. The maximum absolute atomic E-state index is 13.4. The van der Waals surface area contributed by atoms with Gasteiger partial charge in [0.15, 0.2) is 0 Å². The van der Waals surface area contributed by atoms with Gasteiger partial charge in [-0.1, -0.05) is 43.7 Å². The molecule has 1 atom stereocenters. The van der Waals surface area contributed by atoms with Gasteiger partial charge < -0.3 is 14.6 Å². The minimum atomic E-state index is -0.599. The molecule has 2 aromatic carbocycles. The predicted molar refractivity (Wildman–Crippen MR) is 132 cm³/mol. The Kier molecular flexibility index (Phi) is 9.62. The van der Waals surface area contributed by atoms with E-state index in [0.717, 1.165) is 29.7 Å². The second kappa shape index (κ2) is 12.6. The highest BCUT2D eigenvalue weighted by Crippen LogP contribution is 2.34. The van der Waals surface area contributed by atoms with Gasteiger partial charge in [-0.15, -0.1) is 0 Å². The second-order valence-electron chi connectivity index (χ2n) is 8.78. The van der Waals surface area contributed by atoms with E-state index in [-0.39, 0.29) is 11.9 Å². The number of unbranched alkanes of at least 4 members (excludes halogenated alkanes) is 1. The molecule has 184 valence electrons. The minimum Gasteiger partial charge on any atom is -0.439 e. The Balaban J connectivity index is 1.88. The van der Waals surface area contributed by atoms with Crippen LogP contribution in [0, 0.1) is 5.82 Å². The van der Waals surface area contributed by atoms with E-state index in [4.69, 9.17) is 14.6 Å². The summed E-state index contributed by atoms with van der Waals surface area (Å²) in [6, 6.07) is 16.1. The summed E-state index contributed by atoms with van der Waals surface area (Å²) in [5, 5.41) is 15.4. The SMILES string of the molecule is CCCCOC[C@@H](O)CN(Cc1c(-c2ccccc2)nn(C)c1Oc1ccc(F)cc1)C(C)C. The Bertz CT molecular complexity index is 1010. The third-order valence-corrected chi connectivity index (χ3v) is 5.65. The van der Waals surface area contributed by atoms with Crippen LogP contribution in [0.25, 0.3) is 11.3 Å². The maximum Gasteiger partial charge on any atom is 0.222 e. The standard InChI is InChI=1S/C27H36FN3O3/c1-5-6-16-33-19-23(32)17-31(20(2)3)18-25-26(21-10-8-7-9-11-21)29-30(4)27(25)34-24-14-12-22(28)13-15-24/h7-15,20,23,32H,5-6,16-19H2,1-4H3/t23-/m0/s1. The molecule has 34 heavy (non-hydrogen) atoms. The first-order chi connectivity index (χ1) is 16.4. The molecule has 1 N–H and O–H groups in total. The van der Waals surface area contributed by atoms with Crippen molar-refractivity contribution in [2.75, 3.05) is 19.8 Å². The van der Waals surface area contributed by atoms with Gasteiger partial charge in [0.1, 0.15) is 17.3 Å². The summed E-state index contributed by atoms with van der Waals surface area (Å²) in [7, 11) is 1.84. The van der Waals surface area contributed by atoms with Crippen LogP contribution in [0.5, 0.6) is 11.6 Å². The summed E-state index contributed by atoms with van der Waals surface area (Å²) < 4.78 is 26.9. The lowest BCUT2D eigenvalue weighted by Crippen LogP contribution is -2.39. The number of rotatable bonds is 13. The highest BCUT2D eigenvalue weighted by Gasteiger charge is 2.24. The zero-order valence-corrected chi connectivity index (χ0v) is 20.6. The highest BCUT2D eigenvalue weighted by atomic mass is 19.1. The molecule has 3 aromatic rings. The number of nitrogens with zero attached hydrogens (tertiary/aromatic N) is 3. The molecule has 0 saturated carbocycles. The first-order valence-corrected chi connectivity index (χ1v) is 11.9. The fourth-order valence-corrected chi connectivity index (χ4v) is 3.72. The number of aliphatic hydroxyl groups is 1. The van der Waals surface area contributed by atoms with Crippen LogP contribution < -0.4 is 4.74 Å². The van der Waals surface area contributed by atoms with Crippen LogP contribution in [0.4, 0.5) is 4.39 Å². The Morgan fingerprint density at radius 2 is 1.79 bits per heavy atom. The quantitative estimate of drug-likeness (QED) is 0.339. The first kappa shape index (κ1) is 25.9. The lowest BCUT2D eigenvalue weighted by Gasteiger charge is -2.29. The van der Waals surface area contributed by atoms with Crippen molar-refractivity contribution in [3.8, 4) is 22.9 Å². The molecule has 0 saturated heterocycles. The normalized spacial score (nSPS) is 12.5. The number of aromatic nitrogens is 2. The topological polar surface area (TPSA) is 59.8 Å². The zero-order valence-electron chi connectivity index (χ0n) is 20.6.